The van der Waals surface area contributed by atoms with Crippen molar-refractivity contribution < 1.29 is 14.3 Å². The van der Waals surface area contributed by atoms with Crippen LogP contribution in [0.3, 0.4) is 0 Å². The van der Waals surface area contributed by atoms with E-state index in [9.17, 15) is 9.59 Å². The molecule has 1 fully saturated rings. The number of carbonyl (C=O) groups is 2. The number of hydrogen-bond acceptors (Lipinski definition) is 7. The zero-order chi connectivity index (χ0) is 20.9. The van der Waals surface area contributed by atoms with E-state index in [1.54, 1.807) is 47.3 Å². The third-order valence-electron chi connectivity index (χ3n) is 5.17. The number of rotatable bonds is 7. The van der Waals surface area contributed by atoms with Gasteiger partial charge in [-0.15, -0.1) is 5.10 Å². The van der Waals surface area contributed by atoms with E-state index in [4.69, 9.17) is 4.74 Å². The Balaban J connectivity index is 1.37. The van der Waals surface area contributed by atoms with Gasteiger partial charge in [0, 0.05) is 45.7 Å². The number of ether oxygens (including phenoxy) is 1. The summed E-state index contributed by atoms with van der Waals surface area (Å²) in [6, 6.07) is 0. The summed E-state index contributed by atoms with van der Waals surface area (Å²) >= 11 is 0. The number of hydrogen-bond donors (Lipinski definition) is 1. The van der Waals surface area contributed by atoms with E-state index >= 15 is 0 Å². The first-order valence-corrected chi connectivity index (χ1v) is 9.89. The van der Waals surface area contributed by atoms with Gasteiger partial charge in [0.2, 0.25) is 0 Å². The molecule has 4 rings (SSSR count). The molecule has 3 aromatic rings. The van der Waals surface area contributed by atoms with Gasteiger partial charge < -0.3 is 15.0 Å². The first-order valence-electron chi connectivity index (χ1n) is 9.89. The highest BCUT2D eigenvalue weighted by Gasteiger charge is 2.27. The van der Waals surface area contributed by atoms with Crippen molar-refractivity contribution in [3.8, 4) is 0 Å². The van der Waals surface area contributed by atoms with Gasteiger partial charge in [-0.2, -0.15) is 5.10 Å². The van der Waals surface area contributed by atoms with E-state index in [2.05, 4.69) is 25.7 Å². The Morgan fingerprint density at radius 2 is 2.23 bits per heavy atom. The quantitative estimate of drug-likeness (QED) is 0.552. The summed E-state index contributed by atoms with van der Waals surface area (Å²) in [5.74, 6) is -0.0892. The SMILES string of the molecule is COCCNC(=O)c1cn(C[C@@H]2CCCN(C(=O)c3cnn4ccncc34)C2)nn1. The minimum atomic E-state index is -0.277. The number of nitrogens with one attached hydrogen (secondary N) is 1. The summed E-state index contributed by atoms with van der Waals surface area (Å²) in [5.41, 5.74) is 1.53. The molecule has 158 valence electrons. The molecule has 4 heterocycles. The minimum absolute atomic E-state index is 0.0421. The fourth-order valence-corrected chi connectivity index (χ4v) is 3.68. The third-order valence-corrected chi connectivity index (χ3v) is 5.17. The Hall–Kier alpha value is -3.34. The van der Waals surface area contributed by atoms with Gasteiger partial charge in [-0.05, 0) is 18.8 Å². The maximum atomic E-state index is 13.0. The molecule has 0 aliphatic carbocycles. The van der Waals surface area contributed by atoms with Gasteiger partial charge in [-0.3, -0.25) is 19.3 Å². The van der Waals surface area contributed by atoms with Crippen LogP contribution in [-0.4, -0.2) is 79.7 Å². The molecule has 0 aromatic carbocycles. The first-order chi connectivity index (χ1) is 14.7. The lowest BCUT2D eigenvalue weighted by Crippen LogP contribution is -2.41. The highest BCUT2D eigenvalue weighted by Crippen LogP contribution is 2.21. The van der Waals surface area contributed by atoms with E-state index in [1.165, 1.54) is 0 Å². The zero-order valence-electron chi connectivity index (χ0n) is 16.8. The summed E-state index contributed by atoms with van der Waals surface area (Å²) in [4.78, 5) is 31.0. The number of methoxy groups -OCH3 is 1. The summed E-state index contributed by atoms with van der Waals surface area (Å²) in [6.45, 7) is 2.77. The molecule has 3 aromatic heterocycles. The van der Waals surface area contributed by atoms with Crippen molar-refractivity contribution in [1.29, 1.82) is 0 Å². The van der Waals surface area contributed by atoms with E-state index < -0.39 is 0 Å². The molecule has 11 nitrogen and oxygen atoms in total. The normalized spacial score (nSPS) is 16.7. The van der Waals surface area contributed by atoms with Crippen molar-refractivity contribution in [1.82, 2.24) is 39.8 Å². The molecule has 11 heteroatoms. The Morgan fingerprint density at radius 1 is 1.33 bits per heavy atom. The predicted molar refractivity (Wildman–Crippen MR) is 106 cm³/mol. The fraction of sp³-hybridized carbons (Fsp3) is 0.474. The van der Waals surface area contributed by atoms with Crippen molar-refractivity contribution >= 4 is 17.3 Å². The Labute approximate surface area is 173 Å². The number of amides is 2. The molecule has 1 aliphatic heterocycles. The Kier molecular flexibility index (Phi) is 5.98. The largest absolute Gasteiger partial charge is 0.383 e. The minimum Gasteiger partial charge on any atom is -0.383 e. The van der Waals surface area contributed by atoms with Crippen molar-refractivity contribution in [2.45, 2.75) is 19.4 Å². The van der Waals surface area contributed by atoms with Crippen LogP contribution in [0.1, 0.15) is 33.7 Å². The summed E-state index contributed by atoms with van der Waals surface area (Å²) in [5, 5.41) is 15.0. The predicted octanol–water partition coefficient (Wildman–Crippen LogP) is 0.249. The van der Waals surface area contributed by atoms with Crippen molar-refractivity contribution in [3.05, 3.63) is 42.2 Å². The maximum Gasteiger partial charge on any atom is 0.273 e. The van der Waals surface area contributed by atoms with Gasteiger partial charge in [0.05, 0.1) is 36.3 Å². The molecule has 0 radical (unpaired) electrons. The monoisotopic (exact) mass is 412 g/mol. The fourth-order valence-electron chi connectivity index (χ4n) is 3.68. The standard InChI is InChI=1S/C19H24N8O3/c1-30-8-5-21-18(28)16-13-26(24-23-16)12-14-3-2-6-25(11-14)19(29)15-9-22-27-7-4-20-10-17(15)27/h4,7,9-10,13-14H,2-3,5-6,8,11-12H2,1H3,(H,21,28)/t14-/m1/s1. The average molecular weight is 412 g/mol. The number of fused-ring (bicyclic) bond motifs is 1. The van der Waals surface area contributed by atoms with Gasteiger partial charge in [0.15, 0.2) is 5.69 Å². The first kappa shape index (κ1) is 20.0. The Bertz CT molecular complexity index is 1030. The number of carbonyl (C=O) groups excluding carboxylic acids is 2. The van der Waals surface area contributed by atoms with Gasteiger partial charge in [-0.1, -0.05) is 5.21 Å². The van der Waals surface area contributed by atoms with Crippen LogP contribution in [0.4, 0.5) is 0 Å². The second kappa shape index (κ2) is 8.99. The zero-order valence-corrected chi connectivity index (χ0v) is 16.8. The molecule has 0 bridgehead atoms. The number of piperidine rings is 1. The van der Waals surface area contributed by atoms with Crippen LogP contribution in [0.2, 0.25) is 0 Å². The summed E-state index contributed by atoms with van der Waals surface area (Å²) in [7, 11) is 1.58. The van der Waals surface area contributed by atoms with Crippen LogP contribution in [0.25, 0.3) is 5.52 Å². The molecule has 1 aliphatic rings. The van der Waals surface area contributed by atoms with E-state index in [0.717, 1.165) is 12.8 Å². The number of likely N-dealkylation sites (tertiary alicyclic amines) is 1. The molecule has 0 unspecified atom stereocenters. The van der Waals surface area contributed by atoms with Crippen molar-refractivity contribution in [2.75, 3.05) is 33.4 Å². The van der Waals surface area contributed by atoms with Crippen LogP contribution in [0.5, 0.6) is 0 Å². The van der Waals surface area contributed by atoms with E-state index in [0.29, 0.717) is 43.9 Å². The van der Waals surface area contributed by atoms with Gasteiger partial charge in [0.25, 0.3) is 11.8 Å². The molecule has 0 spiro atoms. The van der Waals surface area contributed by atoms with E-state index in [1.807, 2.05) is 4.90 Å². The third kappa shape index (κ3) is 4.30. The van der Waals surface area contributed by atoms with Gasteiger partial charge in [-0.25, -0.2) is 4.52 Å². The van der Waals surface area contributed by atoms with Crippen LogP contribution in [0, 0.1) is 5.92 Å². The Morgan fingerprint density at radius 3 is 3.10 bits per heavy atom. The van der Waals surface area contributed by atoms with Crippen LogP contribution in [-0.2, 0) is 11.3 Å². The number of aromatic nitrogens is 6. The topological polar surface area (TPSA) is 120 Å². The van der Waals surface area contributed by atoms with Crippen molar-refractivity contribution in [2.24, 2.45) is 5.92 Å². The van der Waals surface area contributed by atoms with E-state index in [-0.39, 0.29) is 23.4 Å². The smallest absolute Gasteiger partial charge is 0.273 e. The average Bonchev–Trinajstić information content (AvgIpc) is 3.41. The van der Waals surface area contributed by atoms with Gasteiger partial charge in [0.1, 0.15) is 0 Å². The number of nitrogens with zero attached hydrogens (tertiary/aromatic N) is 7. The molecule has 1 saturated heterocycles. The molecule has 0 saturated carbocycles. The molecule has 1 atom stereocenters. The van der Waals surface area contributed by atoms with Crippen LogP contribution >= 0.6 is 0 Å². The lowest BCUT2D eigenvalue weighted by Gasteiger charge is -2.32. The highest BCUT2D eigenvalue weighted by molar-refractivity contribution is 6.00. The summed E-state index contributed by atoms with van der Waals surface area (Å²) in [6.07, 6.45) is 10.1. The van der Waals surface area contributed by atoms with Crippen LogP contribution < -0.4 is 5.32 Å². The molecular weight excluding hydrogens is 388 g/mol. The highest BCUT2D eigenvalue weighted by atomic mass is 16.5. The van der Waals surface area contributed by atoms with Gasteiger partial charge >= 0.3 is 0 Å². The molecule has 30 heavy (non-hydrogen) atoms. The molecular formula is C19H24N8O3. The van der Waals surface area contributed by atoms with Crippen molar-refractivity contribution in [3.63, 3.8) is 0 Å². The second-order valence-electron chi connectivity index (χ2n) is 7.30. The molecule has 2 amide bonds. The lowest BCUT2D eigenvalue weighted by molar-refractivity contribution is 0.0661. The second-order valence-corrected chi connectivity index (χ2v) is 7.30. The maximum absolute atomic E-state index is 13.0. The molecule has 1 N–H and O–H groups in total. The van der Waals surface area contributed by atoms with Crippen LogP contribution in [0.15, 0.2) is 31.0 Å². The summed E-state index contributed by atoms with van der Waals surface area (Å²) < 4.78 is 8.24. The lowest BCUT2D eigenvalue weighted by atomic mass is 9.97.